The van der Waals surface area contributed by atoms with Gasteiger partial charge in [0.05, 0.1) is 0 Å². The van der Waals surface area contributed by atoms with Crippen LogP contribution in [-0.4, -0.2) is 31.4 Å². The lowest BCUT2D eigenvalue weighted by molar-refractivity contribution is -0.146. The van der Waals surface area contributed by atoms with Crippen LogP contribution >= 0.6 is 8.60 Å². The molecule has 5 N–H and O–H groups in total. The fourth-order valence-corrected chi connectivity index (χ4v) is 0. The van der Waals surface area contributed by atoms with Gasteiger partial charge >= 0.3 is 14.8 Å². The van der Waals surface area contributed by atoms with Gasteiger partial charge in [-0.15, -0.1) is 0 Å². The molecule has 0 aliphatic heterocycles. The number of hydrogen-bond donors (Lipinski definition) is 5. The summed E-state index contributed by atoms with van der Waals surface area (Å²) in [6.45, 7) is 0. The van der Waals surface area contributed by atoms with Gasteiger partial charge in [-0.05, 0) is 0 Å². The van der Waals surface area contributed by atoms with Gasteiger partial charge in [-0.1, -0.05) is 0 Å². The lowest BCUT2D eigenvalue weighted by atomic mass is 11.5. The van der Waals surface area contributed by atoms with Crippen molar-refractivity contribution < 1.29 is 34.7 Å². The van der Waals surface area contributed by atoms with Crippen molar-refractivity contribution >= 4 is 14.8 Å². The van der Waals surface area contributed by atoms with Crippen LogP contribution in [0.3, 0.4) is 0 Å². The third kappa shape index (κ3) is 97.6. The predicted octanol–water partition coefficient (Wildman–Crippen LogP) is -0.0901. The monoisotopic (exact) mass is 160 g/mol. The summed E-state index contributed by atoms with van der Waals surface area (Å²) in [7, 11) is -2.54. The Hall–Kier alpha value is -0.460. The molecule has 0 aromatic rings. The minimum absolute atomic E-state index is 1.83. The Morgan fingerprint density at radius 1 is 1.33 bits per heavy atom. The summed E-state index contributed by atoms with van der Waals surface area (Å²) in [4.78, 5) is 23.6. The van der Waals surface area contributed by atoms with Crippen molar-refractivity contribution in [3.05, 3.63) is 0 Å². The molecule has 0 bridgehead atoms. The predicted molar refractivity (Wildman–Crippen MR) is 25.7 cm³/mol. The highest BCUT2D eigenvalue weighted by Crippen LogP contribution is 2.20. The first kappa shape index (κ1) is 11.4. The van der Waals surface area contributed by atoms with Crippen molar-refractivity contribution in [3.63, 3.8) is 0 Å². The van der Waals surface area contributed by atoms with Crippen molar-refractivity contribution in [1.29, 1.82) is 0 Å². The second kappa shape index (κ2) is 7.54. The number of carbonyl (C=O) groups is 1. The van der Waals surface area contributed by atoms with E-state index in [1.54, 1.807) is 0 Å². The standard InChI is InChI=1S/CH2O3.H3O4P/c2-1(3)4;1-4-5(2)3/h(H2,2,3,4);1-3H. The van der Waals surface area contributed by atoms with Gasteiger partial charge in [0.1, 0.15) is 0 Å². The lowest BCUT2D eigenvalue weighted by Crippen LogP contribution is -1.81. The second-order valence-corrected chi connectivity index (χ2v) is 1.29. The molecule has 0 aromatic carbocycles. The fraction of sp³-hybridized carbons (Fsp3) is 0. The Bertz CT molecular complexity index is 65.3. The maximum absolute atomic E-state index is 8.56. The first-order valence-electron chi connectivity index (χ1n) is 1.42. The molecular weight excluding hydrogens is 155 g/mol. The molecule has 56 valence electrons. The summed E-state index contributed by atoms with van der Waals surface area (Å²) in [5.41, 5.74) is 0. The minimum Gasteiger partial charge on any atom is -0.450 e. The Morgan fingerprint density at radius 2 is 1.44 bits per heavy atom. The third-order valence-electron chi connectivity index (χ3n) is 0.0730. The quantitative estimate of drug-likeness (QED) is 0.206. The van der Waals surface area contributed by atoms with Crippen LogP contribution in [-0.2, 0) is 4.67 Å². The maximum atomic E-state index is 8.56. The van der Waals surface area contributed by atoms with Crippen LogP contribution < -0.4 is 0 Å². The Balaban J connectivity index is 0. The van der Waals surface area contributed by atoms with Crippen LogP contribution in [0.15, 0.2) is 0 Å². The molecule has 0 spiro atoms. The normalized spacial score (nSPS) is 8.00. The van der Waals surface area contributed by atoms with E-state index in [0.717, 1.165) is 0 Å². The van der Waals surface area contributed by atoms with Crippen molar-refractivity contribution in [2.45, 2.75) is 0 Å². The van der Waals surface area contributed by atoms with E-state index in [0.29, 0.717) is 0 Å². The van der Waals surface area contributed by atoms with Gasteiger partial charge in [0.25, 0.3) is 0 Å². The van der Waals surface area contributed by atoms with Gasteiger partial charge in [0.2, 0.25) is 0 Å². The van der Waals surface area contributed by atoms with Gasteiger partial charge < -0.3 is 20.0 Å². The molecule has 0 saturated heterocycles. The number of carboxylic acid groups (broad SMARTS) is 2. The molecule has 0 aliphatic carbocycles. The molecule has 0 radical (unpaired) electrons. The summed E-state index contributed by atoms with van der Waals surface area (Å²) in [6.07, 6.45) is -1.83. The van der Waals surface area contributed by atoms with Gasteiger partial charge in [-0.2, -0.15) is 4.67 Å². The zero-order valence-corrected chi connectivity index (χ0v) is 4.89. The highest BCUT2D eigenvalue weighted by Gasteiger charge is 1.89. The van der Waals surface area contributed by atoms with Gasteiger partial charge in [-0.3, -0.25) is 0 Å². The Kier molecular flexibility index (Phi) is 9.51. The SMILES string of the molecule is O=C(O)O.OOP(O)O. The van der Waals surface area contributed by atoms with Crippen molar-refractivity contribution in [1.82, 2.24) is 0 Å². The molecule has 0 unspecified atom stereocenters. The molecule has 9 heavy (non-hydrogen) atoms. The van der Waals surface area contributed by atoms with Crippen molar-refractivity contribution in [2.24, 2.45) is 0 Å². The molecule has 0 saturated carbocycles. The van der Waals surface area contributed by atoms with Crippen LogP contribution in [0.2, 0.25) is 0 Å². The average molecular weight is 160 g/mol. The van der Waals surface area contributed by atoms with E-state index >= 15 is 0 Å². The van der Waals surface area contributed by atoms with Gasteiger partial charge in [0, 0.05) is 0 Å². The first-order chi connectivity index (χ1) is 4.00. The maximum Gasteiger partial charge on any atom is 0.503 e. The highest BCUT2D eigenvalue weighted by molar-refractivity contribution is 7.39. The molecular formula is CH5O7P. The molecule has 0 heterocycles. The van der Waals surface area contributed by atoms with E-state index in [2.05, 4.69) is 4.67 Å². The summed E-state index contributed by atoms with van der Waals surface area (Å²) in [5.74, 6) is 0. The van der Waals surface area contributed by atoms with E-state index in [1.807, 2.05) is 0 Å². The highest BCUT2D eigenvalue weighted by atomic mass is 31.2. The Morgan fingerprint density at radius 3 is 1.44 bits per heavy atom. The molecule has 0 rings (SSSR count). The minimum atomic E-state index is -2.54. The molecule has 8 heteroatoms. The van der Waals surface area contributed by atoms with Crippen LogP contribution in [0.5, 0.6) is 0 Å². The van der Waals surface area contributed by atoms with E-state index in [4.69, 9.17) is 30.1 Å². The van der Waals surface area contributed by atoms with Crippen LogP contribution in [0.4, 0.5) is 4.79 Å². The largest absolute Gasteiger partial charge is 0.503 e. The van der Waals surface area contributed by atoms with Crippen LogP contribution in [0.25, 0.3) is 0 Å². The van der Waals surface area contributed by atoms with E-state index in [-0.39, 0.29) is 0 Å². The number of hydrogen-bond acceptors (Lipinski definition) is 5. The summed E-state index contributed by atoms with van der Waals surface area (Å²) >= 11 is 0. The van der Waals surface area contributed by atoms with E-state index < -0.39 is 14.8 Å². The molecule has 0 atom stereocenters. The zero-order valence-electron chi connectivity index (χ0n) is 4.00. The van der Waals surface area contributed by atoms with Gasteiger partial charge in [0.15, 0.2) is 0 Å². The van der Waals surface area contributed by atoms with Crippen molar-refractivity contribution in [3.8, 4) is 0 Å². The van der Waals surface area contributed by atoms with E-state index in [9.17, 15) is 0 Å². The number of rotatable bonds is 1. The molecule has 0 aliphatic rings. The third-order valence-corrected chi connectivity index (χ3v) is 0.219. The molecule has 0 aromatic heterocycles. The topological polar surface area (TPSA) is 127 Å². The molecule has 0 amide bonds. The lowest BCUT2D eigenvalue weighted by Gasteiger charge is -1.86. The Labute approximate surface area is 50.7 Å². The molecule has 0 fully saturated rings. The summed E-state index contributed by atoms with van der Waals surface area (Å²) in [5, 5.41) is 21.1. The smallest absolute Gasteiger partial charge is 0.450 e. The fourth-order valence-electron chi connectivity index (χ4n) is 0. The average Bonchev–Trinajstić information content (AvgIpc) is 1.65. The first-order valence-corrected chi connectivity index (χ1v) is 2.58. The second-order valence-electron chi connectivity index (χ2n) is 0.617. The summed E-state index contributed by atoms with van der Waals surface area (Å²) in [6, 6.07) is 0. The molecule has 7 nitrogen and oxygen atoms in total. The van der Waals surface area contributed by atoms with E-state index in [1.165, 1.54) is 0 Å². The van der Waals surface area contributed by atoms with Crippen molar-refractivity contribution in [2.75, 3.05) is 0 Å². The van der Waals surface area contributed by atoms with Crippen LogP contribution in [0, 0.1) is 0 Å². The van der Waals surface area contributed by atoms with Crippen LogP contribution in [0.1, 0.15) is 0 Å². The van der Waals surface area contributed by atoms with Gasteiger partial charge in [-0.25, -0.2) is 10.1 Å². The summed E-state index contributed by atoms with van der Waals surface area (Å²) < 4.78 is 2.93. The zero-order chi connectivity index (χ0) is 7.86.